The smallest absolute Gasteiger partial charge is 0.225 e. The molecular weight excluding hydrogens is 323 g/mol. The number of hydrogen-bond acceptors (Lipinski definition) is 3. The molecule has 1 aromatic heterocycles. The Balaban J connectivity index is 2.04. The molecule has 5 heteroatoms. The third-order valence-electron chi connectivity index (χ3n) is 3.83. The maximum absolute atomic E-state index is 13.1. The lowest BCUT2D eigenvalue weighted by Gasteiger charge is -2.15. The predicted octanol–water partition coefficient (Wildman–Crippen LogP) is 4.74. The highest BCUT2D eigenvalue weighted by Crippen LogP contribution is 2.28. The quantitative estimate of drug-likeness (QED) is 0.785. The molecule has 2 rings (SSSR count). The van der Waals surface area contributed by atoms with Gasteiger partial charge in [0.15, 0.2) is 0 Å². The molecule has 1 amide bonds. The summed E-state index contributed by atoms with van der Waals surface area (Å²) in [6.45, 7) is 8.33. The lowest BCUT2D eigenvalue weighted by molar-refractivity contribution is -0.121. The second-order valence-electron chi connectivity index (χ2n) is 6.63. The number of carbonyl (C=O) groups excluding carboxylic acids is 1. The van der Waals surface area contributed by atoms with Crippen LogP contribution in [0.5, 0.6) is 0 Å². The van der Waals surface area contributed by atoms with Gasteiger partial charge in [-0.2, -0.15) is 0 Å². The Morgan fingerprint density at radius 3 is 2.50 bits per heavy atom. The first-order valence-electron chi connectivity index (χ1n) is 8.36. The minimum Gasteiger partial charge on any atom is -0.353 e. The second kappa shape index (κ2) is 8.38. The summed E-state index contributed by atoms with van der Waals surface area (Å²) in [6, 6.07) is 6.42. The van der Waals surface area contributed by atoms with Crippen LogP contribution in [0, 0.1) is 18.7 Å². The number of thiazole rings is 1. The second-order valence-corrected chi connectivity index (χ2v) is 7.92. The fraction of sp³-hybridized carbons (Fsp3) is 0.474. The van der Waals surface area contributed by atoms with Crippen molar-refractivity contribution in [3.05, 3.63) is 40.0 Å². The molecule has 3 nitrogen and oxygen atoms in total. The van der Waals surface area contributed by atoms with E-state index in [0.29, 0.717) is 12.3 Å². The number of amides is 1. The van der Waals surface area contributed by atoms with Crippen molar-refractivity contribution < 1.29 is 9.18 Å². The van der Waals surface area contributed by atoms with E-state index in [1.165, 1.54) is 23.5 Å². The van der Waals surface area contributed by atoms with Crippen molar-refractivity contribution in [1.82, 2.24) is 10.3 Å². The summed E-state index contributed by atoms with van der Waals surface area (Å²) in [5.74, 6) is 0.376. The van der Waals surface area contributed by atoms with Crippen LogP contribution in [0.15, 0.2) is 24.3 Å². The van der Waals surface area contributed by atoms with Crippen LogP contribution in [0.2, 0.25) is 0 Å². The molecule has 24 heavy (non-hydrogen) atoms. The molecule has 1 heterocycles. The molecule has 2 aromatic rings. The number of rotatable bonds is 7. The van der Waals surface area contributed by atoms with Crippen LogP contribution in [0.3, 0.4) is 0 Å². The van der Waals surface area contributed by atoms with Gasteiger partial charge in [0.1, 0.15) is 5.82 Å². The summed E-state index contributed by atoms with van der Waals surface area (Å²) in [5, 5.41) is 3.97. The number of hydrogen-bond donors (Lipinski definition) is 1. The number of benzene rings is 1. The standard InChI is InChI=1S/C19H25FN2OS/c1-12(2)5-6-13(3)21-18(23)11-17-19(22-14(4)24-17)15-7-9-16(20)10-8-15/h7-10,12-13H,5-6,11H2,1-4H3,(H,21,23). The van der Waals surface area contributed by atoms with E-state index in [0.717, 1.165) is 34.0 Å². The van der Waals surface area contributed by atoms with Crippen molar-refractivity contribution in [2.45, 2.75) is 53.0 Å². The van der Waals surface area contributed by atoms with Crippen LogP contribution in [0.4, 0.5) is 4.39 Å². The fourth-order valence-corrected chi connectivity index (χ4v) is 3.51. The van der Waals surface area contributed by atoms with Crippen molar-refractivity contribution in [3.63, 3.8) is 0 Å². The van der Waals surface area contributed by atoms with E-state index in [4.69, 9.17) is 0 Å². The molecule has 0 saturated heterocycles. The van der Waals surface area contributed by atoms with E-state index in [-0.39, 0.29) is 17.8 Å². The third kappa shape index (κ3) is 5.41. The molecule has 1 unspecified atom stereocenters. The van der Waals surface area contributed by atoms with Crippen LogP contribution in [-0.2, 0) is 11.2 Å². The molecule has 1 atom stereocenters. The van der Waals surface area contributed by atoms with Gasteiger partial charge in [-0.25, -0.2) is 9.37 Å². The molecule has 0 aliphatic rings. The highest BCUT2D eigenvalue weighted by molar-refractivity contribution is 7.12. The summed E-state index contributed by atoms with van der Waals surface area (Å²) in [6.07, 6.45) is 2.39. The van der Waals surface area contributed by atoms with Crippen LogP contribution >= 0.6 is 11.3 Å². The van der Waals surface area contributed by atoms with Crippen LogP contribution in [-0.4, -0.2) is 16.9 Å². The number of aromatic nitrogens is 1. The van der Waals surface area contributed by atoms with Gasteiger partial charge in [0, 0.05) is 16.5 Å². The first-order chi connectivity index (χ1) is 11.3. The maximum atomic E-state index is 13.1. The van der Waals surface area contributed by atoms with Crippen LogP contribution in [0.25, 0.3) is 11.3 Å². The molecule has 0 aliphatic heterocycles. The van der Waals surface area contributed by atoms with Gasteiger partial charge < -0.3 is 5.32 Å². The third-order valence-corrected chi connectivity index (χ3v) is 4.80. The molecule has 0 spiro atoms. The van der Waals surface area contributed by atoms with E-state index in [1.54, 1.807) is 12.1 Å². The molecule has 0 aliphatic carbocycles. The van der Waals surface area contributed by atoms with Crippen molar-refractivity contribution in [1.29, 1.82) is 0 Å². The van der Waals surface area contributed by atoms with Crippen molar-refractivity contribution in [2.24, 2.45) is 5.92 Å². The molecule has 1 aromatic carbocycles. The Bertz CT molecular complexity index is 679. The first-order valence-corrected chi connectivity index (χ1v) is 9.18. The SMILES string of the molecule is Cc1nc(-c2ccc(F)cc2)c(CC(=O)NC(C)CCC(C)C)s1. The summed E-state index contributed by atoms with van der Waals surface area (Å²) >= 11 is 1.52. The lowest BCUT2D eigenvalue weighted by atomic mass is 10.0. The minimum absolute atomic E-state index is 0.0123. The summed E-state index contributed by atoms with van der Waals surface area (Å²) in [5.41, 5.74) is 1.62. The largest absolute Gasteiger partial charge is 0.353 e. The van der Waals surface area contributed by atoms with Gasteiger partial charge in [-0.1, -0.05) is 13.8 Å². The number of halogens is 1. The molecule has 1 N–H and O–H groups in total. The van der Waals surface area contributed by atoms with Crippen LogP contribution < -0.4 is 5.32 Å². The summed E-state index contributed by atoms with van der Waals surface area (Å²) in [4.78, 5) is 17.8. The average Bonchev–Trinajstić information content (AvgIpc) is 2.86. The topological polar surface area (TPSA) is 42.0 Å². The Morgan fingerprint density at radius 1 is 1.21 bits per heavy atom. The normalized spacial score (nSPS) is 12.4. The van der Waals surface area contributed by atoms with Crippen molar-refractivity contribution >= 4 is 17.2 Å². The highest BCUT2D eigenvalue weighted by atomic mass is 32.1. The molecular formula is C19H25FN2OS. The first kappa shape index (κ1) is 18.6. The van der Waals surface area contributed by atoms with Crippen molar-refractivity contribution in [2.75, 3.05) is 0 Å². The number of aryl methyl sites for hydroxylation is 1. The Hall–Kier alpha value is -1.75. The van der Waals surface area contributed by atoms with E-state index < -0.39 is 0 Å². The summed E-state index contributed by atoms with van der Waals surface area (Å²) < 4.78 is 13.1. The number of nitrogens with one attached hydrogen (secondary N) is 1. The van der Waals surface area contributed by atoms with Gasteiger partial charge >= 0.3 is 0 Å². The van der Waals surface area contributed by atoms with Gasteiger partial charge in [0.05, 0.1) is 17.1 Å². The molecule has 0 saturated carbocycles. The van der Waals surface area contributed by atoms with Gasteiger partial charge in [-0.3, -0.25) is 4.79 Å². The average molecular weight is 348 g/mol. The lowest BCUT2D eigenvalue weighted by Crippen LogP contribution is -2.33. The van der Waals surface area contributed by atoms with E-state index in [2.05, 4.69) is 24.1 Å². The number of nitrogens with zero attached hydrogens (tertiary/aromatic N) is 1. The number of carbonyl (C=O) groups is 1. The maximum Gasteiger partial charge on any atom is 0.225 e. The van der Waals surface area contributed by atoms with Gasteiger partial charge in [0.25, 0.3) is 0 Å². The highest BCUT2D eigenvalue weighted by Gasteiger charge is 2.16. The zero-order valence-corrected chi connectivity index (χ0v) is 15.5. The Morgan fingerprint density at radius 2 is 1.88 bits per heavy atom. The van der Waals surface area contributed by atoms with Crippen LogP contribution in [0.1, 0.15) is 43.5 Å². The van der Waals surface area contributed by atoms with E-state index in [1.807, 2.05) is 13.8 Å². The Kier molecular flexibility index (Phi) is 6.49. The Labute approximate surface area is 147 Å². The van der Waals surface area contributed by atoms with Gasteiger partial charge in [0.2, 0.25) is 5.91 Å². The monoisotopic (exact) mass is 348 g/mol. The van der Waals surface area contributed by atoms with Gasteiger partial charge in [-0.05, 0) is 56.9 Å². The molecule has 0 radical (unpaired) electrons. The minimum atomic E-state index is -0.274. The van der Waals surface area contributed by atoms with E-state index >= 15 is 0 Å². The molecule has 130 valence electrons. The predicted molar refractivity (Wildman–Crippen MR) is 97.6 cm³/mol. The summed E-state index contributed by atoms with van der Waals surface area (Å²) in [7, 11) is 0. The zero-order valence-electron chi connectivity index (χ0n) is 14.7. The fourth-order valence-electron chi connectivity index (χ4n) is 2.55. The molecule has 0 bridgehead atoms. The van der Waals surface area contributed by atoms with Crippen molar-refractivity contribution in [3.8, 4) is 11.3 Å². The zero-order chi connectivity index (χ0) is 17.7. The van der Waals surface area contributed by atoms with E-state index in [9.17, 15) is 9.18 Å². The van der Waals surface area contributed by atoms with Gasteiger partial charge in [-0.15, -0.1) is 11.3 Å². The molecule has 0 fully saturated rings.